The van der Waals surface area contributed by atoms with E-state index in [1.165, 1.54) is 19.3 Å². The van der Waals surface area contributed by atoms with Gasteiger partial charge in [-0.25, -0.2) is 14.8 Å². The summed E-state index contributed by atoms with van der Waals surface area (Å²) < 4.78 is 5.19. The predicted molar refractivity (Wildman–Crippen MR) is 114 cm³/mol. The Morgan fingerprint density at radius 1 is 1.17 bits per heavy atom. The summed E-state index contributed by atoms with van der Waals surface area (Å²) in [4.78, 5) is 20.9. The fourth-order valence-corrected chi connectivity index (χ4v) is 4.23. The van der Waals surface area contributed by atoms with Gasteiger partial charge < -0.3 is 10.1 Å². The van der Waals surface area contributed by atoms with Crippen LogP contribution in [0.25, 0.3) is 0 Å². The first-order chi connectivity index (χ1) is 14.7. The molecule has 0 saturated heterocycles. The van der Waals surface area contributed by atoms with Crippen LogP contribution in [0.1, 0.15) is 31.2 Å². The minimum atomic E-state index is -0.572. The van der Waals surface area contributed by atoms with Gasteiger partial charge in [0.1, 0.15) is 12.4 Å². The Kier molecular flexibility index (Phi) is 6.09. The normalized spacial score (nSPS) is 22.2. The van der Waals surface area contributed by atoms with Crippen LogP contribution in [-0.2, 0) is 11.3 Å². The van der Waals surface area contributed by atoms with Crippen molar-refractivity contribution in [3.8, 4) is 6.19 Å². The molecule has 2 aromatic rings. The summed E-state index contributed by atoms with van der Waals surface area (Å²) in [6.07, 6.45) is 7.80. The van der Waals surface area contributed by atoms with Crippen LogP contribution in [0, 0.1) is 23.3 Å². The molecule has 1 aromatic heterocycles. The molecule has 2 bridgehead atoms. The van der Waals surface area contributed by atoms with E-state index >= 15 is 0 Å². The summed E-state index contributed by atoms with van der Waals surface area (Å²) in [5.41, 5.74) is 1.58. The molecule has 0 aliphatic heterocycles. The lowest BCUT2D eigenvalue weighted by Gasteiger charge is -2.19. The number of anilines is 2. The highest BCUT2D eigenvalue weighted by molar-refractivity contribution is 5.94. The lowest BCUT2D eigenvalue weighted by atomic mass is 9.96. The van der Waals surface area contributed by atoms with Crippen molar-refractivity contribution in [3.63, 3.8) is 0 Å². The second kappa shape index (κ2) is 9.27. The molecule has 1 amide bonds. The van der Waals surface area contributed by atoms with Crippen LogP contribution >= 0.6 is 0 Å². The van der Waals surface area contributed by atoms with Crippen LogP contribution in [0.2, 0.25) is 0 Å². The van der Waals surface area contributed by atoms with Crippen LogP contribution in [0.3, 0.4) is 0 Å². The van der Waals surface area contributed by atoms with Crippen molar-refractivity contribution in [3.05, 3.63) is 54.2 Å². The van der Waals surface area contributed by atoms with Crippen molar-refractivity contribution < 1.29 is 9.53 Å². The van der Waals surface area contributed by atoms with Gasteiger partial charge >= 0.3 is 6.09 Å². The summed E-state index contributed by atoms with van der Waals surface area (Å²) in [6.45, 7) is 0.189. The van der Waals surface area contributed by atoms with Crippen LogP contribution in [-0.4, -0.2) is 23.1 Å². The van der Waals surface area contributed by atoms with Crippen molar-refractivity contribution >= 4 is 23.6 Å². The van der Waals surface area contributed by atoms with E-state index < -0.39 is 6.09 Å². The maximum atomic E-state index is 11.9. The summed E-state index contributed by atoms with van der Waals surface area (Å²) in [5, 5.41) is 17.4. The van der Waals surface area contributed by atoms with Gasteiger partial charge in [-0.05, 0) is 48.8 Å². The van der Waals surface area contributed by atoms with Gasteiger partial charge in [0.05, 0.1) is 17.9 Å². The van der Waals surface area contributed by atoms with Crippen LogP contribution in [0.4, 0.5) is 16.3 Å². The second-order valence-electron chi connectivity index (χ2n) is 7.70. The monoisotopic (exact) mass is 404 g/mol. The van der Waals surface area contributed by atoms with Gasteiger partial charge in [0.25, 0.3) is 0 Å². The zero-order valence-electron chi connectivity index (χ0n) is 16.5. The minimum Gasteiger partial charge on any atom is -0.444 e. The molecule has 0 spiro atoms. The lowest BCUT2D eigenvalue weighted by Crippen LogP contribution is -2.30. The van der Waals surface area contributed by atoms with Crippen molar-refractivity contribution in [1.82, 2.24) is 10.3 Å². The molecule has 3 unspecified atom stereocenters. The maximum Gasteiger partial charge on any atom is 0.413 e. The lowest BCUT2D eigenvalue weighted by molar-refractivity contribution is 0.155. The molecule has 1 heterocycles. The number of hydrogen-bond acceptors (Lipinski definition) is 5. The topological polar surface area (TPSA) is 111 Å². The smallest absolute Gasteiger partial charge is 0.413 e. The number of hydrogen-bond donors (Lipinski definition) is 3. The number of aromatic nitrogens is 1. The van der Waals surface area contributed by atoms with Gasteiger partial charge in [-0.1, -0.05) is 36.8 Å². The van der Waals surface area contributed by atoms with E-state index in [9.17, 15) is 4.79 Å². The Balaban J connectivity index is 1.31. The molecule has 0 radical (unpaired) electrons. The highest BCUT2D eigenvalue weighted by Gasteiger charge is 2.39. The van der Waals surface area contributed by atoms with E-state index in [1.807, 2.05) is 36.5 Å². The average Bonchev–Trinajstić information content (AvgIpc) is 3.38. The standard InChI is InChI=1S/C22H24N6O2/c23-14-25-21(27-19-11-16-6-7-17(19)10-16)26-18-8-9-20(24-12-18)28-22(29)30-13-15-4-2-1-3-5-15/h1-5,8-9,12,16-17,19H,6-7,10-11,13H2,(H,24,28,29)(H2,25,26,27). The molecule has 8 nitrogen and oxygen atoms in total. The third-order valence-corrected chi connectivity index (χ3v) is 5.64. The molecule has 30 heavy (non-hydrogen) atoms. The first-order valence-corrected chi connectivity index (χ1v) is 10.1. The summed E-state index contributed by atoms with van der Waals surface area (Å²) in [5.74, 6) is 2.21. The van der Waals surface area contributed by atoms with E-state index in [1.54, 1.807) is 18.3 Å². The summed E-state index contributed by atoms with van der Waals surface area (Å²) in [6, 6.07) is 13.1. The van der Waals surface area contributed by atoms with E-state index in [-0.39, 0.29) is 12.6 Å². The van der Waals surface area contributed by atoms with Crippen molar-refractivity contribution in [2.24, 2.45) is 16.8 Å². The van der Waals surface area contributed by atoms with Gasteiger partial charge in [-0.3, -0.25) is 10.6 Å². The quantitative estimate of drug-likeness (QED) is 0.302. The number of carbonyl (C=O) groups excluding carboxylic acids is 1. The Morgan fingerprint density at radius 2 is 2.03 bits per heavy atom. The Morgan fingerprint density at radius 3 is 2.70 bits per heavy atom. The predicted octanol–water partition coefficient (Wildman–Crippen LogP) is 3.86. The first kappa shape index (κ1) is 19.7. The van der Waals surface area contributed by atoms with Crippen molar-refractivity contribution in [2.45, 2.75) is 38.3 Å². The van der Waals surface area contributed by atoms with Crippen LogP contribution < -0.4 is 16.0 Å². The molecule has 3 atom stereocenters. The van der Waals surface area contributed by atoms with E-state index in [0.29, 0.717) is 23.4 Å². The highest BCUT2D eigenvalue weighted by Crippen LogP contribution is 2.45. The molecule has 2 fully saturated rings. The molecule has 8 heteroatoms. The second-order valence-corrected chi connectivity index (χ2v) is 7.70. The number of fused-ring (bicyclic) bond motifs is 2. The van der Waals surface area contributed by atoms with Crippen LogP contribution in [0.5, 0.6) is 0 Å². The van der Waals surface area contributed by atoms with Gasteiger partial charge in [0.15, 0.2) is 6.19 Å². The third-order valence-electron chi connectivity index (χ3n) is 5.64. The number of nitrogens with zero attached hydrogens (tertiary/aromatic N) is 3. The molecule has 2 aliphatic rings. The number of rotatable bonds is 5. The minimum absolute atomic E-state index is 0.189. The number of ether oxygens (including phenoxy) is 1. The zero-order chi connectivity index (χ0) is 20.8. The van der Waals surface area contributed by atoms with Gasteiger partial charge in [0, 0.05) is 0 Å². The molecular formula is C22H24N6O2. The largest absolute Gasteiger partial charge is 0.444 e. The SMILES string of the molecule is N#CNC(=NC1CC2CCC1C2)Nc1ccc(NC(=O)OCc2ccccc2)nc1. The third kappa shape index (κ3) is 5.06. The first-order valence-electron chi connectivity index (χ1n) is 10.1. The van der Waals surface area contributed by atoms with E-state index in [4.69, 9.17) is 15.0 Å². The number of guanidine groups is 1. The zero-order valence-corrected chi connectivity index (χ0v) is 16.5. The molecule has 3 N–H and O–H groups in total. The van der Waals surface area contributed by atoms with Crippen molar-refractivity contribution in [2.75, 3.05) is 10.6 Å². The molecular weight excluding hydrogens is 380 g/mol. The maximum absolute atomic E-state index is 11.9. The molecule has 2 saturated carbocycles. The van der Waals surface area contributed by atoms with E-state index in [0.717, 1.165) is 17.9 Å². The number of benzene rings is 1. The summed E-state index contributed by atoms with van der Waals surface area (Å²) >= 11 is 0. The highest BCUT2D eigenvalue weighted by atomic mass is 16.5. The Labute approximate surface area is 175 Å². The molecule has 2 aliphatic carbocycles. The van der Waals surface area contributed by atoms with Crippen LogP contribution in [0.15, 0.2) is 53.7 Å². The number of nitriles is 1. The Hall–Kier alpha value is -3.60. The fourth-order valence-electron chi connectivity index (χ4n) is 4.23. The van der Waals surface area contributed by atoms with Gasteiger partial charge in [0.2, 0.25) is 5.96 Å². The van der Waals surface area contributed by atoms with Crippen molar-refractivity contribution in [1.29, 1.82) is 5.26 Å². The fraction of sp³-hybridized carbons (Fsp3) is 0.364. The number of aliphatic imine (C=N–C) groups is 1. The number of carbonyl (C=O) groups is 1. The Bertz CT molecular complexity index is 938. The molecule has 4 rings (SSSR count). The molecule has 1 aromatic carbocycles. The summed E-state index contributed by atoms with van der Waals surface area (Å²) in [7, 11) is 0. The average molecular weight is 404 g/mol. The number of amides is 1. The number of pyridine rings is 1. The number of nitrogens with one attached hydrogen (secondary N) is 3. The molecule has 154 valence electrons. The van der Waals surface area contributed by atoms with Gasteiger partial charge in [-0.15, -0.1) is 0 Å². The van der Waals surface area contributed by atoms with Gasteiger partial charge in [-0.2, -0.15) is 5.26 Å². The van der Waals surface area contributed by atoms with E-state index in [2.05, 4.69) is 20.9 Å².